The fourth-order valence-corrected chi connectivity index (χ4v) is 1.35. The van der Waals surface area contributed by atoms with E-state index in [1.807, 2.05) is 18.9 Å². The quantitative estimate of drug-likeness (QED) is 0.678. The van der Waals surface area contributed by atoms with E-state index in [0.29, 0.717) is 5.92 Å². The molecule has 0 aliphatic carbocycles. The van der Waals surface area contributed by atoms with Gasteiger partial charge in [-0.3, -0.25) is 9.69 Å². The second-order valence-corrected chi connectivity index (χ2v) is 3.99. The van der Waals surface area contributed by atoms with Crippen molar-refractivity contribution in [3.63, 3.8) is 0 Å². The van der Waals surface area contributed by atoms with E-state index in [0.717, 1.165) is 19.4 Å². The Kier molecular flexibility index (Phi) is 5.71. The molecule has 2 N–H and O–H groups in total. The molecule has 0 saturated carbocycles. The first-order valence-electron chi connectivity index (χ1n) is 4.98. The SMILES string of the molecule is CCC(C(N)=O)N(C)CCC(C)C. The van der Waals surface area contributed by atoms with Crippen LogP contribution in [0.5, 0.6) is 0 Å². The first-order valence-corrected chi connectivity index (χ1v) is 4.98. The van der Waals surface area contributed by atoms with Crippen LogP contribution < -0.4 is 5.73 Å². The van der Waals surface area contributed by atoms with Crippen molar-refractivity contribution in [3.05, 3.63) is 0 Å². The molecule has 3 nitrogen and oxygen atoms in total. The smallest absolute Gasteiger partial charge is 0.234 e. The molecule has 0 aromatic heterocycles. The van der Waals surface area contributed by atoms with Gasteiger partial charge in [0.2, 0.25) is 5.91 Å². The number of hydrogen-bond donors (Lipinski definition) is 1. The third-order valence-electron chi connectivity index (χ3n) is 2.31. The van der Waals surface area contributed by atoms with Crippen LogP contribution in [0.1, 0.15) is 33.6 Å². The number of carbonyl (C=O) groups excluding carboxylic acids is 1. The minimum Gasteiger partial charge on any atom is -0.368 e. The fraction of sp³-hybridized carbons (Fsp3) is 0.900. The van der Waals surface area contributed by atoms with Crippen molar-refractivity contribution in [1.29, 1.82) is 0 Å². The maximum absolute atomic E-state index is 11.0. The van der Waals surface area contributed by atoms with E-state index >= 15 is 0 Å². The average Bonchev–Trinajstić information content (AvgIpc) is 2.01. The molecule has 0 aliphatic heterocycles. The van der Waals surface area contributed by atoms with Crippen LogP contribution in [0.15, 0.2) is 0 Å². The van der Waals surface area contributed by atoms with Crippen molar-refractivity contribution in [3.8, 4) is 0 Å². The van der Waals surface area contributed by atoms with Gasteiger partial charge in [-0.1, -0.05) is 20.8 Å². The van der Waals surface area contributed by atoms with Gasteiger partial charge in [0.25, 0.3) is 0 Å². The molecule has 0 aromatic carbocycles. The zero-order valence-corrected chi connectivity index (χ0v) is 9.21. The van der Waals surface area contributed by atoms with Gasteiger partial charge in [0.15, 0.2) is 0 Å². The van der Waals surface area contributed by atoms with Gasteiger partial charge in [0.1, 0.15) is 0 Å². The minimum atomic E-state index is -0.214. The molecular formula is C10H22N2O. The van der Waals surface area contributed by atoms with E-state index in [1.54, 1.807) is 0 Å². The third kappa shape index (κ3) is 4.88. The van der Waals surface area contributed by atoms with Gasteiger partial charge >= 0.3 is 0 Å². The van der Waals surface area contributed by atoms with E-state index in [4.69, 9.17) is 5.73 Å². The zero-order chi connectivity index (χ0) is 10.4. The van der Waals surface area contributed by atoms with E-state index in [9.17, 15) is 4.79 Å². The molecule has 0 saturated heterocycles. The van der Waals surface area contributed by atoms with E-state index in [1.165, 1.54) is 0 Å². The van der Waals surface area contributed by atoms with Crippen molar-refractivity contribution in [2.24, 2.45) is 11.7 Å². The van der Waals surface area contributed by atoms with Gasteiger partial charge in [-0.15, -0.1) is 0 Å². The molecule has 3 heteroatoms. The molecule has 0 bridgehead atoms. The summed E-state index contributed by atoms with van der Waals surface area (Å²) in [4.78, 5) is 13.0. The van der Waals surface area contributed by atoms with Crippen molar-refractivity contribution in [1.82, 2.24) is 4.90 Å². The van der Waals surface area contributed by atoms with Crippen LogP contribution in [0.25, 0.3) is 0 Å². The molecule has 13 heavy (non-hydrogen) atoms. The van der Waals surface area contributed by atoms with Crippen molar-refractivity contribution in [2.75, 3.05) is 13.6 Å². The minimum absolute atomic E-state index is 0.0984. The number of hydrogen-bond acceptors (Lipinski definition) is 2. The maximum atomic E-state index is 11.0. The van der Waals surface area contributed by atoms with Crippen LogP contribution in [0.3, 0.4) is 0 Å². The van der Waals surface area contributed by atoms with Gasteiger partial charge in [0, 0.05) is 0 Å². The Bertz CT molecular complexity index is 157. The van der Waals surface area contributed by atoms with E-state index in [-0.39, 0.29) is 11.9 Å². The number of carbonyl (C=O) groups is 1. The Balaban J connectivity index is 3.91. The van der Waals surface area contributed by atoms with Gasteiger partial charge in [-0.05, 0) is 32.4 Å². The zero-order valence-electron chi connectivity index (χ0n) is 9.21. The number of amides is 1. The first kappa shape index (κ1) is 12.4. The highest BCUT2D eigenvalue weighted by molar-refractivity contribution is 5.79. The summed E-state index contributed by atoms with van der Waals surface area (Å²) in [5, 5.41) is 0. The normalized spacial score (nSPS) is 13.7. The lowest BCUT2D eigenvalue weighted by molar-refractivity contribution is -0.122. The van der Waals surface area contributed by atoms with Gasteiger partial charge < -0.3 is 5.73 Å². The lowest BCUT2D eigenvalue weighted by Gasteiger charge is -2.24. The molecule has 0 spiro atoms. The summed E-state index contributed by atoms with van der Waals surface area (Å²) in [7, 11) is 1.96. The Morgan fingerprint density at radius 1 is 1.46 bits per heavy atom. The van der Waals surface area contributed by atoms with E-state index < -0.39 is 0 Å². The van der Waals surface area contributed by atoms with Gasteiger partial charge in [0.05, 0.1) is 6.04 Å². The van der Waals surface area contributed by atoms with Crippen molar-refractivity contribution in [2.45, 2.75) is 39.7 Å². The lowest BCUT2D eigenvalue weighted by Crippen LogP contribution is -2.42. The molecule has 0 radical (unpaired) electrons. The lowest BCUT2D eigenvalue weighted by atomic mass is 10.1. The molecule has 1 unspecified atom stereocenters. The second kappa shape index (κ2) is 5.97. The topological polar surface area (TPSA) is 46.3 Å². The number of likely N-dealkylation sites (N-methyl/N-ethyl adjacent to an activating group) is 1. The van der Waals surface area contributed by atoms with Crippen LogP contribution in [0.2, 0.25) is 0 Å². The third-order valence-corrected chi connectivity index (χ3v) is 2.31. The Hall–Kier alpha value is -0.570. The summed E-state index contributed by atoms with van der Waals surface area (Å²) in [5.41, 5.74) is 5.27. The Labute approximate surface area is 81.3 Å². The Morgan fingerprint density at radius 3 is 2.31 bits per heavy atom. The Morgan fingerprint density at radius 2 is 2.00 bits per heavy atom. The largest absolute Gasteiger partial charge is 0.368 e. The summed E-state index contributed by atoms with van der Waals surface area (Å²) < 4.78 is 0. The second-order valence-electron chi connectivity index (χ2n) is 3.99. The first-order chi connectivity index (χ1) is 5.99. The predicted octanol–water partition coefficient (Wildman–Crippen LogP) is 1.23. The highest BCUT2D eigenvalue weighted by Gasteiger charge is 2.17. The summed E-state index contributed by atoms with van der Waals surface area (Å²) >= 11 is 0. The molecule has 0 aliphatic rings. The number of rotatable bonds is 6. The van der Waals surface area contributed by atoms with Crippen molar-refractivity contribution < 1.29 is 4.79 Å². The molecule has 0 aromatic rings. The summed E-state index contributed by atoms with van der Waals surface area (Å²) in [6.07, 6.45) is 1.91. The van der Waals surface area contributed by atoms with Crippen LogP contribution in [-0.2, 0) is 4.79 Å². The molecule has 0 heterocycles. The molecule has 78 valence electrons. The molecule has 0 fully saturated rings. The van der Waals surface area contributed by atoms with Crippen LogP contribution in [0, 0.1) is 5.92 Å². The van der Waals surface area contributed by atoms with Crippen molar-refractivity contribution >= 4 is 5.91 Å². The number of primary amides is 1. The molecule has 0 rings (SSSR count). The molecular weight excluding hydrogens is 164 g/mol. The highest BCUT2D eigenvalue weighted by atomic mass is 16.1. The van der Waals surface area contributed by atoms with Crippen LogP contribution in [-0.4, -0.2) is 30.4 Å². The predicted molar refractivity (Wildman–Crippen MR) is 55.4 cm³/mol. The average molecular weight is 186 g/mol. The van der Waals surface area contributed by atoms with Crippen LogP contribution >= 0.6 is 0 Å². The van der Waals surface area contributed by atoms with Gasteiger partial charge in [-0.2, -0.15) is 0 Å². The summed E-state index contributed by atoms with van der Waals surface area (Å²) in [5.74, 6) is 0.460. The molecule has 1 amide bonds. The number of nitrogens with zero attached hydrogens (tertiary/aromatic N) is 1. The molecule has 1 atom stereocenters. The summed E-state index contributed by atoms with van der Waals surface area (Å²) in [6, 6.07) is -0.0984. The number of nitrogens with two attached hydrogens (primary N) is 1. The van der Waals surface area contributed by atoms with E-state index in [2.05, 4.69) is 13.8 Å². The monoisotopic (exact) mass is 186 g/mol. The van der Waals surface area contributed by atoms with Crippen LogP contribution in [0.4, 0.5) is 0 Å². The maximum Gasteiger partial charge on any atom is 0.234 e. The fourth-order valence-electron chi connectivity index (χ4n) is 1.35. The van der Waals surface area contributed by atoms with Gasteiger partial charge in [-0.25, -0.2) is 0 Å². The summed E-state index contributed by atoms with van der Waals surface area (Å²) in [6.45, 7) is 7.29. The standard InChI is InChI=1S/C10H22N2O/c1-5-9(10(11)13)12(4)7-6-8(2)3/h8-9H,5-7H2,1-4H3,(H2,11,13). The highest BCUT2D eigenvalue weighted by Crippen LogP contribution is 2.05.